The van der Waals surface area contributed by atoms with Gasteiger partial charge < -0.3 is 14.6 Å². The minimum Gasteiger partial charge on any atom is -0.490 e. The molecule has 0 unspecified atom stereocenters. The van der Waals surface area contributed by atoms with Crippen LogP contribution in [0.15, 0.2) is 65.8 Å². The number of nitrogens with one attached hydrogen (secondary N) is 1. The largest absolute Gasteiger partial charge is 0.490 e. The summed E-state index contributed by atoms with van der Waals surface area (Å²) in [7, 11) is 0. The maximum Gasteiger partial charge on any atom is 0.335 e. The van der Waals surface area contributed by atoms with Crippen molar-refractivity contribution in [3.05, 3.63) is 85.9 Å². The van der Waals surface area contributed by atoms with E-state index in [1.807, 2.05) is 43.3 Å². The van der Waals surface area contributed by atoms with Crippen LogP contribution in [0.25, 0.3) is 0 Å². The Labute approximate surface area is 199 Å². The highest BCUT2D eigenvalue weighted by Crippen LogP contribution is 2.35. The molecule has 160 valence electrons. The lowest BCUT2D eigenvalue weighted by molar-refractivity contribution is 0.0697. The van der Waals surface area contributed by atoms with E-state index < -0.39 is 5.97 Å². The zero-order chi connectivity index (χ0) is 22.2. The van der Waals surface area contributed by atoms with Crippen molar-refractivity contribution in [3.63, 3.8) is 0 Å². The monoisotopic (exact) mass is 550 g/mol. The molecule has 2 N–H and O–H groups in total. The van der Waals surface area contributed by atoms with Gasteiger partial charge in [0.2, 0.25) is 0 Å². The second-order valence-electron chi connectivity index (χ2n) is 6.40. The van der Waals surface area contributed by atoms with Gasteiger partial charge in [-0.05, 0) is 71.5 Å². The Bertz CT molecular complexity index is 1100. The first-order chi connectivity index (χ1) is 15.0. The van der Waals surface area contributed by atoms with Crippen molar-refractivity contribution in [2.45, 2.75) is 13.5 Å². The van der Waals surface area contributed by atoms with Gasteiger partial charge in [-0.2, -0.15) is 5.10 Å². The van der Waals surface area contributed by atoms with Gasteiger partial charge in [-0.1, -0.05) is 35.9 Å². The summed E-state index contributed by atoms with van der Waals surface area (Å²) in [4.78, 5) is 11.1. The van der Waals surface area contributed by atoms with E-state index in [0.29, 0.717) is 35.4 Å². The molecule has 3 aromatic carbocycles. The molecule has 0 saturated heterocycles. The van der Waals surface area contributed by atoms with E-state index in [1.165, 1.54) is 12.1 Å². The number of carboxylic acid groups (broad SMARTS) is 1. The molecular weight excluding hydrogens is 531 g/mol. The second-order valence-corrected chi connectivity index (χ2v) is 7.97. The average Bonchev–Trinajstić information content (AvgIpc) is 2.75. The SMILES string of the molecule is CCOc1cc(/C=N/Nc2cccc(C(=O)O)c2)cc(I)c1OCc1ccccc1Cl. The predicted molar refractivity (Wildman–Crippen MR) is 131 cm³/mol. The molecule has 0 amide bonds. The van der Waals surface area contributed by atoms with Crippen LogP contribution in [-0.4, -0.2) is 23.9 Å². The van der Waals surface area contributed by atoms with E-state index in [-0.39, 0.29) is 5.56 Å². The van der Waals surface area contributed by atoms with Crippen molar-refractivity contribution in [1.82, 2.24) is 0 Å². The fourth-order valence-corrected chi connectivity index (χ4v) is 3.71. The molecule has 0 bridgehead atoms. The number of nitrogens with zero attached hydrogens (tertiary/aromatic N) is 1. The zero-order valence-electron chi connectivity index (χ0n) is 16.6. The van der Waals surface area contributed by atoms with Crippen molar-refractivity contribution in [2.24, 2.45) is 5.10 Å². The summed E-state index contributed by atoms with van der Waals surface area (Å²) < 4.78 is 12.7. The van der Waals surface area contributed by atoms with Gasteiger partial charge in [0.1, 0.15) is 6.61 Å². The van der Waals surface area contributed by atoms with E-state index in [0.717, 1.165) is 14.7 Å². The molecule has 0 atom stereocenters. The molecule has 0 fully saturated rings. The van der Waals surface area contributed by atoms with Crippen molar-refractivity contribution >= 4 is 52.1 Å². The van der Waals surface area contributed by atoms with E-state index in [9.17, 15) is 4.79 Å². The lowest BCUT2D eigenvalue weighted by Gasteiger charge is -2.15. The molecule has 0 aromatic heterocycles. The maximum atomic E-state index is 11.1. The van der Waals surface area contributed by atoms with Gasteiger partial charge in [0.15, 0.2) is 11.5 Å². The minimum absolute atomic E-state index is 0.188. The van der Waals surface area contributed by atoms with Gasteiger partial charge in [0, 0.05) is 10.6 Å². The van der Waals surface area contributed by atoms with Gasteiger partial charge in [0.25, 0.3) is 0 Å². The predicted octanol–water partition coefficient (Wildman–Crippen LogP) is 6.07. The van der Waals surface area contributed by atoms with Crippen molar-refractivity contribution in [3.8, 4) is 11.5 Å². The molecule has 0 spiro atoms. The first kappa shape index (κ1) is 22.9. The first-order valence-corrected chi connectivity index (χ1v) is 10.9. The van der Waals surface area contributed by atoms with Crippen LogP contribution in [0.3, 0.4) is 0 Å². The standard InChI is InChI=1S/C23H20ClIN2O4/c1-2-30-21-11-15(13-26-27-18-8-5-7-16(12-18)23(28)29)10-20(25)22(21)31-14-17-6-3-4-9-19(17)24/h3-13,27H,2,14H2,1H3,(H,28,29)/b26-13+. The number of anilines is 1. The average molecular weight is 551 g/mol. The lowest BCUT2D eigenvalue weighted by Crippen LogP contribution is -2.03. The van der Waals surface area contributed by atoms with Crippen LogP contribution < -0.4 is 14.9 Å². The zero-order valence-corrected chi connectivity index (χ0v) is 19.6. The smallest absolute Gasteiger partial charge is 0.335 e. The first-order valence-electron chi connectivity index (χ1n) is 9.43. The van der Waals surface area contributed by atoms with Crippen LogP contribution in [0.4, 0.5) is 5.69 Å². The van der Waals surface area contributed by atoms with Gasteiger partial charge >= 0.3 is 5.97 Å². The van der Waals surface area contributed by atoms with Crippen LogP contribution in [0.5, 0.6) is 11.5 Å². The number of hydrogen-bond donors (Lipinski definition) is 2. The summed E-state index contributed by atoms with van der Waals surface area (Å²) in [6.07, 6.45) is 1.63. The van der Waals surface area contributed by atoms with Crippen LogP contribution in [-0.2, 0) is 6.61 Å². The van der Waals surface area contributed by atoms with E-state index in [2.05, 4.69) is 33.1 Å². The highest BCUT2D eigenvalue weighted by Gasteiger charge is 2.13. The Morgan fingerprint density at radius 3 is 2.71 bits per heavy atom. The molecule has 0 aliphatic rings. The lowest BCUT2D eigenvalue weighted by atomic mass is 10.2. The highest BCUT2D eigenvalue weighted by atomic mass is 127. The Morgan fingerprint density at radius 2 is 1.97 bits per heavy atom. The number of carboxylic acids is 1. The van der Waals surface area contributed by atoms with Crippen LogP contribution in [0, 0.1) is 3.57 Å². The number of rotatable bonds is 9. The molecule has 3 rings (SSSR count). The number of hydrogen-bond acceptors (Lipinski definition) is 5. The van der Waals surface area contributed by atoms with Gasteiger partial charge in [-0.25, -0.2) is 4.79 Å². The number of aromatic carboxylic acids is 1. The summed E-state index contributed by atoms with van der Waals surface area (Å²) >= 11 is 8.41. The Kier molecular flexibility index (Phi) is 8.13. The van der Waals surface area contributed by atoms with Crippen LogP contribution in [0.2, 0.25) is 5.02 Å². The summed E-state index contributed by atoms with van der Waals surface area (Å²) in [6.45, 7) is 2.71. The summed E-state index contributed by atoms with van der Waals surface area (Å²) in [5.74, 6) is 0.258. The third kappa shape index (κ3) is 6.35. The topological polar surface area (TPSA) is 80.2 Å². The Balaban J connectivity index is 1.76. The van der Waals surface area contributed by atoms with Gasteiger partial charge in [-0.15, -0.1) is 0 Å². The van der Waals surface area contributed by atoms with E-state index in [4.69, 9.17) is 26.2 Å². The van der Waals surface area contributed by atoms with E-state index in [1.54, 1.807) is 18.3 Å². The maximum absolute atomic E-state index is 11.1. The number of benzene rings is 3. The molecular formula is C23H20ClIN2O4. The fraction of sp³-hybridized carbons (Fsp3) is 0.130. The quantitative estimate of drug-likeness (QED) is 0.192. The van der Waals surface area contributed by atoms with Crippen LogP contribution >= 0.6 is 34.2 Å². The second kappa shape index (κ2) is 11.0. The van der Waals surface area contributed by atoms with Gasteiger partial charge in [-0.3, -0.25) is 5.43 Å². The number of ether oxygens (including phenoxy) is 2. The molecule has 0 heterocycles. The van der Waals surface area contributed by atoms with Crippen molar-refractivity contribution in [1.29, 1.82) is 0 Å². The molecule has 0 radical (unpaired) electrons. The van der Waals surface area contributed by atoms with Gasteiger partial charge in [0.05, 0.1) is 27.6 Å². The summed E-state index contributed by atoms with van der Waals surface area (Å²) in [6, 6.07) is 17.7. The Hall–Kier alpha value is -2.78. The number of carbonyl (C=O) groups is 1. The third-order valence-corrected chi connectivity index (χ3v) is 5.35. The summed E-state index contributed by atoms with van der Waals surface area (Å²) in [5, 5.41) is 13.9. The van der Waals surface area contributed by atoms with Crippen LogP contribution in [0.1, 0.15) is 28.4 Å². The third-order valence-electron chi connectivity index (χ3n) is 4.18. The number of hydrazone groups is 1. The minimum atomic E-state index is -0.990. The molecule has 31 heavy (non-hydrogen) atoms. The molecule has 3 aromatic rings. The molecule has 0 saturated carbocycles. The van der Waals surface area contributed by atoms with Crippen molar-refractivity contribution < 1.29 is 19.4 Å². The fourth-order valence-electron chi connectivity index (χ4n) is 2.73. The summed E-state index contributed by atoms with van der Waals surface area (Å²) in [5.41, 5.74) is 5.31. The molecule has 0 aliphatic carbocycles. The number of halogens is 2. The van der Waals surface area contributed by atoms with E-state index >= 15 is 0 Å². The molecule has 6 nitrogen and oxygen atoms in total. The molecule has 0 aliphatic heterocycles. The Morgan fingerprint density at radius 1 is 1.16 bits per heavy atom. The molecule has 8 heteroatoms. The highest BCUT2D eigenvalue weighted by molar-refractivity contribution is 14.1. The normalized spacial score (nSPS) is 10.8. The van der Waals surface area contributed by atoms with Crippen molar-refractivity contribution in [2.75, 3.05) is 12.0 Å².